The molecule has 0 saturated carbocycles. The molecule has 2 aromatic carbocycles. The highest BCUT2D eigenvalue weighted by Gasteiger charge is 2.57. The molecule has 1 unspecified atom stereocenters. The fraction of sp³-hybridized carbons (Fsp3) is 0.250. The van der Waals surface area contributed by atoms with E-state index in [1.54, 1.807) is 6.07 Å². The highest BCUT2D eigenvalue weighted by atomic mass is 79.9. The van der Waals surface area contributed by atoms with Gasteiger partial charge in [0.25, 0.3) is 0 Å². The van der Waals surface area contributed by atoms with Crippen LogP contribution in [0.4, 0.5) is 5.69 Å². The molecule has 4 rings (SSSR count). The number of hydrogen-bond acceptors (Lipinski definition) is 3. The van der Waals surface area contributed by atoms with E-state index < -0.39 is 5.72 Å². The van der Waals surface area contributed by atoms with Crippen molar-refractivity contribution in [3.63, 3.8) is 0 Å². The van der Waals surface area contributed by atoms with E-state index in [1.807, 2.05) is 6.07 Å². The van der Waals surface area contributed by atoms with Crippen molar-refractivity contribution in [1.29, 1.82) is 0 Å². The number of carbonyl (C=O) groups is 1. The van der Waals surface area contributed by atoms with Crippen LogP contribution in [0.5, 0.6) is 5.75 Å². The van der Waals surface area contributed by atoms with E-state index >= 15 is 0 Å². The number of hydrogen-bond donors (Lipinski definition) is 0. The maximum Gasteiger partial charge on any atom is 0.211 e. The third kappa shape index (κ3) is 1.80. The van der Waals surface area contributed by atoms with E-state index in [0.29, 0.717) is 5.56 Å². The molecule has 0 amide bonds. The largest absolute Gasteiger partial charge is 0.462 e. The van der Waals surface area contributed by atoms with Crippen molar-refractivity contribution in [2.75, 3.05) is 11.9 Å². The minimum Gasteiger partial charge on any atom is -0.462 e. The average Bonchev–Trinajstić information content (AvgIpc) is 2.75. The van der Waals surface area contributed by atoms with Crippen molar-refractivity contribution in [2.24, 2.45) is 0 Å². The molecular weight excluding hydrogens is 366 g/mol. The van der Waals surface area contributed by atoms with E-state index in [-0.39, 0.29) is 5.41 Å². The molecule has 1 spiro atoms. The van der Waals surface area contributed by atoms with E-state index in [2.05, 4.69) is 78.1 Å². The van der Waals surface area contributed by atoms with Crippen LogP contribution in [0.1, 0.15) is 35.3 Å². The zero-order valence-electron chi connectivity index (χ0n) is 13.8. The van der Waals surface area contributed by atoms with E-state index in [1.165, 1.54) is 11.3 Å². The van der Waals surface area contributed by atoms with Crippen molar-refractivity contribution in [2.45, 2.75) is 25.0 Å². The maximum absolute atomic E-state index is 11.1. The van der Waals surface area contributed by atoms with Gasteiger partial charge in [-0.05, 0) is 65.7 Å². The highest BCUT2D eigenvalue weighted by molar-refractivity contribution is 9.10. The molecule has 1 atom stereocenters. The predicted octanol–water partition coefficient (Wildman–Crippen LogP) is 4.79. The molecule has 24 heavy (non-hydrogen) atoms. The molecule has 0 radical (unpaired) electrons. The molecule has 2 aliphatic rings. The normalized spacial score (nSPS) is 22.9. The van der Waals surface area contributed by atoms with Gasteiger partial charge in [0.05, 0.1) is 9.89 Å². The van der Waals surface area contributed by atoms with Gasteiger partial charge in [-0.15, -0.1) is 0 Å². The first-order chi connectivity index (χ1) is 11.4. The summed E-state index contributed by atoms with van der Waals surface area (Å²) in [4.78, 5) is 13.3. The lowest BCUT2D eigenvalue weighted by Gasteiger charge is -2.46. The van der Waals surface area contributed by atoms with Crippen molar-refractivity contribution in [1.82, 2.24) is 0 Å². The Morgan fingerprint density at radius 3 is 2.67 bits per heavy atom. The lowest BCUT2D eigenvalue weighted by atomic mass is 9.76. The Labute approximate surface area is 150 Å². The Hall–Kier alpha value is -2.07. The fourth-order valence-corrected chi connectivity index (χ4v) is 4.50. The summed E-state index contributed by atoms with van der Waals surface area (Å²) in [5.74, 6) is 0.774. The SMILES string of the molecule is CN1c2ccccc2C(C)(C)C12C=Cc1cc(C=O)cc(Br)c1O2. The van der Waals surface area contributed by atoms with Gasteiger partial charge in [0.2, 0.25) is 5.72 Å². The van der Waals surface area contributed by atoms with Gasteiger partial charge in [-0.25, -0.2) is 0 Å². The number of benzene rings is 2. The number of carbonyl (C=O) groups excluding carboxylic acids is 1. The Balaban J connectivity index is 1.90. The van der Waals surface area contributed by atoms with Crippen LogP contribution in [-0.2, 0) is 5.41 Å². The van der Waals surface area contributed by atoms with Crippen LogP contribution < -0.4 is 9.64 Å². The second kappa shape index (κ2) is 4.96. The Bertz CT molecular complexity index is 887. The minimum atomic E-state index is -0.602. The van der Waals surface area contributed by atoms with Gasteiger partial charge in [0.1, 0.15) is 12.0 Å². The van der Waals surface area contributed by atoms with Gasteiger partial charge >= 0.3 is 0 Å². The lowest BCUT2D eigenvalue weighted by molar-refractivity contribution is 0.0573. The summed E-state index contributed by atoms with van der Waals surface area (Å²) in [6.45, 7) is 4.41. The molecule has 0 N–H and O–H groups in total. The van der Waals surface area contributed by atoms with Crippen LogP contribution >= 0.6 is 15.9 Å². The van der Waals surface area contributed by atoms with Crippen LogP contribution in [0, 0.1) is 0 Å². The Morgan fingerprint density at radius 2 is 1.96 bits per heavy atom. The number of likely N-dealkylation sites (N-methyl/N-ethyl adjacent to an activating group) is 1. The van der Waals surface area contributed by atoms with Crippen molar-refractivity contribution >= 4 is 34.0 Å². The number of ether oxygens (including phenoxy) is 1. The van der Waals surface area contributed by atoms with Gasteiger partial charge in [0.15, 0.2) is 0 Å². The molecule has 0 aromatic heterocycles. The van der Waals surface area contributed by atoms with E-state index in [9.17, 15) is 4.79 Å². The first-order valence-corrected chi connectivity index (χ1v) is 8.70. The number of anilines is 1. The monoisotopic (exact) mass is 383 g/mol. The first-order valence-electron chi connectivity index (χ1n) is 7.91. The van der Waals surface area contributed by atoms with Gasteiger partial charge in [-0.1, -0.05) is 18.2 Å². The number of fused-ring (bicyclic) bond motifs is 2. The lowest BCUT2D eigenvalue weighted by Crippen LogP contribution is -2.58. The third-order valence-electron chi connectivity index (χ3n) is 5.31. The second-order valence-electron chi connectivity index (χ2n) is 6.87. The summed E-state index contributed by atoms with van der Waals surface area (Å²) in [7, 11) is 2.07. The summed E-state index contributed by atoms with van der Waals surface area (Å²) in [6, 6.07) is 12.1. The van der Waals surface area contributed by atoms with Crippen LogP contribution in [0.2, 0.25) is 0 Å². The third-order valence-corrected chi connectivity index (χ3v) is 5.90. The summed E-state index contributed by atoms with van der Waals surface area (Å²) >= 11 is 3.56. The summed E-state index contributed by atoms with van der Waals surface area (Å²) in [5, 5.41) is 0. The smallest absolute Gasteiger partial charge is 0.211 e. The number of para-hydroxylation sites is 1. The van der Waals surface area contributed by atoms with Crippen LogP contribution in [0.15, 0.2) is 46.9 Å². The second-order valence-corrected chi connectivity index (χ2v) is 7.73. The van der Waals surface area contributed by atoms with Crippen molar-refractivity contribution < 1.29 is 9.53 Å². The summed E-state index contributed by atoms with van der Waals surface area (Å²) in [5.41, 5.74) is 3.16. The molecule has 3 nitrogen and oxygen atoms in total. The van der Waals surface area contributed by atoms with Crippen molar-refractivity contribution in [3.8, 4) is 5.75 Å². The minimum absolute atomic E-state index is 0.227. The average molecular weight is 384 g/mol. The first kappa shape index (κ1) is 15.5. The number of aldehydes is 1. The van der Waals surface area contributed by atoms with Gasteiger partial charge < -0.3 is 9.64 Å². The zero-order chi connectivity index (χ0) is 17.1. The van der Waals surface area contributed by atoms with Crippen LogP contribution in [0.3, 0.4) is 0 Å². The fourth-order valence-electron chi connectivity index (χ4n) is 3.93. The topological polar surface area (TPSA) is 29.5 Å². The maximum atomic E-state index is 11.1. The van der Waals surface area contributed by atoms with Crippen molar-refractivity contribution in [3.05, 3.63) is 63.6 Å². The number of nitrogens with zero attached hydrogens (tertiary/aromatic N) is 1. The molecule has 0 fully saturated rings. The van der Waals surface area contributed by atoms with Gasteiger partial charge in [-0.3, -0.25) is 4.79 Å². The zero-order valence-corrected chi connectivity index (χ0v) is 15.4. The molecule has 122 valence electrons. The summed E-state index contributed by atoms with van der Waals surface area (Å²) in [6.07, 6.45) is 5.02. The quantitative estimate of drug-likeness (QED) is 0.662. The molecule has 2 heterocycles. The molecule has 2 aliphatic heterocycles. The number of rotatable bonds is 1. The molecule has 4 heteroatoms. The molecule has 2 aromatic rings. The standard InChI is InChI=1S/C20H18BrNO2/c1-19(2)15-6-4-5-7-17(15)22(3)20(19)9-8-14-10-13(12-23)11-16(21)18(14)24-20/h4-12H,1-3H3. The number of halogens is 1. The molecular formula is C20H18BrNO2. The predicted molar refractivity (Wildman–Crippen MR) is 99.8 cm³/mol. The van der Waals surface area contributed by atoms with Crippen LogP contribution in [-0.4, -0.2) is 19.1 Å². The Kier molecular flexibility index (Phi) is 3.20. The Morgan fingerprint density at radius 1 is 1.21 bits per heavy atom. The molecule has 0 saturated heterocycles. The van der Waals surface area contributed by atoms with E-state index in [4.69, 9.17) is 4.74 Å². The van der Waals surface area contributed by atoms with Gasteiger partial charge in [0, 0.05) is 23.9 Å². The van der Waals surface area contributed by atoms with Gasteiger partial charge in [-0.2, -0.15) is 0 Å². The molecule has 0 bridgehead atoms. The molecule has 0 aliphatic carbocycles. The van der Waals surface area contributed by atoms with E-state index in [0.717, 1.165) is 22.1 Å². The highest BCUT2D eigenvalue weighted by Crippen LogP contribution is 2.54. The summed E-state index contributed by atoms with van der Waals surface area (Å²) < 4.78 is 7.39. The van der Waals surface area contributed by atoms with Crippen LogP contribution in [0.25, 0.3) is 6.08 Å².